The van der Waals surface area contributed by atoms with E-state index in [0.29, 0.717) is 19.3 Å². The van der Waals surface area contributed by atoms with Crippen LogP contribution in [0.15, 0.2) is 24.3 Å². The monoisotopic (exact) mass is 236 g/mol. The molecule has 0 aliphatic heterocycles. The third kappa shape index (κ3) is 4.26. The second-order valence-corrected chi connectivity index (χ2v) is 3.70. The van der Waals surface area contributed by atoms with Crippen LogP contribution in [-0.4, -0.2) is 19.6 Å². The van der Waals surface area contributed by atoms with Crippen LogP contribution in [0, 0.1) is 0 Å². The van der Waals surface area contributed by atoms with Crippen LogP contribution in [0.1, 0.15) is 30.6 Å². The average Bonchev–Trinajstić information content (AvgIpc) is 2.36. The fourth-order valence-corrected chi connectivity index (χ4v) is 1.51. The summed E-state index contributed by atoms with van der Waals surface area (Å²) in [6, 6.07) is 7.62. The quantitative estimate of drug-likeness (QED) is 0.560. The normalized spacial score (nSPS) is 11.6. The molecule has 0 N–H and O–H groups in total. The van der Waals surface area contributed by atoms with Crippen molar-refractivity contribution >= 4 is 12.4 Å². The van der Waals surface area contributed by atoms with E-state index >= 15 is 0 Å². The van der Waals surface area contributed by atoms with E-state index in [-0.39, 0.29) is 12.1 Å². The summed E-state index contributed by atoms with van der Waals surface area (Å²) in [5, 5.41) is 0. The van der Waals surface area contributed by atoms with Crippen LogP contribution in [0.5, 0.6) is 0 Å². The van der Waals surface area contributed by atoms with Crippen LogP contribution >= 0.6 is 0 Å². The van der Waals surface area contributed by atoms with Crippen molar-refractivity contribution in [3.63, 3.8) is 0 Å². The second kappa shape index (κ2) is 6.68. The lowest BCUT2D eigenvalue weighted by molar-refractivity contribution is -0.140. The first-order valence-corrected chi connectivity index (χ1v) is 5.42. The maximum absolute atomic E-state index is 11.0. The van der Waals surface area contributed by atoms with Gasteiger partial charge in [0, 0.05) is 6.42 Å². The molecule has 0 bridgehead atoms. The van der Waals surface area contributed by atoms with Crippen LogP contribution in [0.2, 0.25) is 0 Å². The Balaban J connectivity index is 2.65. The molecule has 0 heterocycles. The largest absolute Gasteiger partial charge is 0.469 e. The number of hydrogen-bond acceptors (Lipinski definition) is 4. The van der Waals surface area contributed by atoms with Crippen LogP contribution in [0.3, 0.4) is 0 Å². The van der Waals surface area contributed by atoms with E-state index in [9.17, 15) is 9.59 Å². The molecule has 0 spiro atoms. The second-order valence-electron chi connectivity index (χ2n) is 3.70. The molecule has 92 valence electrons. The molecule has 0 radical (unpaired) electrons. The van der Waals surface area contributed by atoms with Gasteiger partial charge in [-0.15, -0.1) is 0 Å². The first-order valence-electron chi connectivity index (χ1n) is 5.42. The van der Waals surface area contributed by atoms with Gasteiger partial charge in [0.25, 0.3) is 6.47 Å². The van der Waals surface area contributed by atoms with Gasteiger partial charge in [-0.1, -0.05) is 24.3 Å². The fourth-order valence-electron chi connectivity index (χ4n) is 1.51. The van der Waals surface area contributed by atoms with Crippen molar-refractivity contribution in [1.82, 2.24) is 0 Å². The molecule has 0 aromatic heterocycles. The minimum absolute atomic E-state index is 0.229. The number of esters is 1. The lowest BCUT2D eigenvalue weighted by Gasteiger charge is -2.11. The third-order valence-electron chi connectivity index (χ3n) is 2.53. The topological polar surface area (TPSA) is 52.6 Å². The van der Waals surface area contributed by atoms with E-state index in [0.717, 1.165) is 11.1 Å². The Bertz CT molecular complexity index is 387. The zero-order valence-electron chi connectivity index (χ0n) is 10.0. The smallest absolute Gasteiger partial charge is 0.305 e. The molecule has 0 saturated carbocycles. The van der Waals surface area contributed by atoms with E-state index in [1.807, 2.05) is 24.3 Å². The predicted molar refractivity (Wildman–Crippen MR) is 62.3 cm³/mol. The summed E-state index contributed by atoms with van der Waals surface area (Å²) in [5.74, 6) is -0.229. The van der Waals surface area contributed by atoms with Crippen LogP contribution in [-0.2, 0) is 25.5 Å². The number of ether oxygens (including phenoxy) is 2. The van der Waals surface area contributed by atoms with E-state index in [4.69, 9.17) is 4.74 Å². The lowest BCUT2D eigenvalue weighted by atomic mass is 10.0. The summed E-state index contributed by atoms with van der Waals surface area (Å²) in [6.45, 7) is 2.24. The number of hydrogen-bond donors (Lipinski definition) is 0. The van der Waals surface area contributed by atoms with Gasteiger partial charge in [0.2, 0.25) is 0 Å². The Morgan fingerprint density at radius 1 is 1.47 bits per heavy atom. The minimum Gasteiger partial charge on any atom is -0.469 e. The first-order chi connectivity index (χ1) is 8.17. The molecule has 0 aliphatic rings. The van der Waals surface area contributed by atoms with Gasteiger partial charge in [0.1, 0.15) is 6.10 Å². The predicted octanol–water partition coefficient (Wildman–Crippen LogP) is 2.03. The van der Waals surface area contributed by atoms with Crippen LogP contribution < -0.4 is 0 Å². The Kier molecular flexibility index (Phi) is 5.20. The number of methoxy groups -OCH3 is 1. The SMILES string of the molecule is COC(=O)CCc1cccc(C(C)OC=O)c1. The van der Waals surface area contributed by atoms with Crippen molar-refractivity contribution in [3.05, 3.63) is 35.4 Å². The molecule has 1 unspecified atom stereocenters. The Labute approximate surface area is 101 Å². The highest BCUT2D eigenvalue weighted by Gasteiger charge is 2.07. The molecule has 0 amide bonds. The highest BCUT2D eigenvalue weighted by molar-refractivity contribution is 5.69. The molecule has 0 saturated heterocycles. The van der Waals surface area contributed by atoms with Crippen LogP contribution in [0.4, 0.5) is 0 Å². The van der Waals surface area contributed by atoms with Gasteiger partial charge < -0.3 is 9.47 Å². The maximum atomic E-state index is 11.0. The first kappa shape index (κ1) is 13.2. The van der Waals surface area contributed by atoms with Gasteiger partial charge in [0.15, 0.2) is 0 Å². The molecular weight excluding hydrogens is 220 g/mol. The highest BCUT2D eigenvalue weighted by Crippen LogP contribution is 2.17. The summed E-state index contributed by atoms with van der Waals surface area (Å²) in [6.07, 6.45) is 0.697. The molecule has 1 aromatic carbocycles. The summed E-state index contributed by atoms with van der Waals surface area (Å²) < 4.78 is 9.44. The van der Waals surface area contributed by atoms with Crippen molar-refractivity contribution < 1.29 is 19.1 Å². The number of rotatable bonds is 6. The summed E-state index contributed by atoms with van der Waals surface area (Å²) in [5.41, 5.74) is 1.94. The molecule has 0 aliphatic carbocycles. The maximum Gasteiger partial charge on any atom is 0.305 e. The third-order valence-corrected chi connectivity index (χ3v) is 2.53. The molecule has 0 fully saturated rings. The van der Waals surface area contributed by atoms with E-state index in [1.54, 1.807) is 6.92 Å². The van der Waals surface area contributed by atoms with E-state index in [1.165, 1.54) is 7.11 Å². The van der Waals surface area contributed by atoms with Gasteiger partial charge in [-0.2, -0.15) is 0 Å². The molecule has 1 rings (SSSR count). The number of aryl methyl sites for hydroxylation is 1. The average molecular weight is 236 g/mol. The molecule has 1 atom stereocenters. The number of carbonyl (C=O) groups is 2. The number of benzene rings is 1. The van der Waals surface area contributed by atoms with Gasteiger partial charge in [-0.25, -0.2) is 0 Å². The van der Waals surface area contributed by atoms with Gasteiger partial charge in [-0.3, -0.25) is 9.59 Å². The summed E-state index contributed by atoms with van der Waals surface area (Å²) >= 11 is 0. The molecular formula is C13H16O4. The number of carbonyl (C=O) groups excluding carboxylic acids is 2. The Hall–Kier alpha value is -1.84. The van der Waals surface area contributed by atoms with E-state index in [2.05, 4.69) is 4.74 Å². The van der Waals surface area contributed by atoms with Crippen molar-refractivity contribution in [1.29, 1.82) is 0 Å². The molecule has 4 nitrogen and oxygen atoms in total. The van der Waals surface area contributed by atoms with Gasteiger partial charge in [0.05, 0.1) is 7.11 Å². The van der Waals surface area contributed by atoms with Gasteiger partial charge >= 0.3 is 5.97 Å². The Morgan fingerprint density at radius 3 is 2.88 bits per heavy atom. The fraction of sp³-hybridized carbons (Fsp3) is 0.385. The molecule has 17 heavy (non-hydrogen) atoms. The highest BCUT2D eigenvalue weighted by atomic mass is 16.5. The van der Waals surface area contributed by atoms with E-state index < -0.39 is 0 Å². The van der Waals surface area contributed by atoms with Crippen molar-refractivity contribution in [2.75, 3.05) is 7.11 Å². The minimum atomic E-state index is -0.273. The van der Waals surface area contributed by atoms with Gasteiger partial charge in [-0.05, 0) is 24.5 Å². The lowest BCUT2D eigenvalue weighted by Crippen LogP contribution is -2.03. The summed E-state index contributed by atoms with van der Waals surface area (Å²) in [7, 11) is 1.37. The molecule has 4 heteroatoms. The zero-order chi connectivity index (χ0) is 12.7. The van der Waals surface area contributed by atoms with Crippen molar-refractivity contribution in [2.45, 2.75) is 25.9 Å². The summed E-state index contributed by atoms with van der Waals surface area (Å²) in [4.78, 5) is 21.3. The van der Waals surface area contributed by atoms with Crippen molar-refractivity contribution in [3.8, 4) is 0 Å². The molecule has 1 aromatic rings. The van der Waals surface area contributed by atoms with Crippen LogP contribution in [0.25, 0.3) is 0 Å². The van der Waals surface area contributed by atoms with Crippen molar-refractivity contribution in [2.24, 2.45) is 0 Å². The zero-order valence-corrected chi connectivity index (χ0v) is 10.0. The Morgan fingerprint density at radius 2 is 2.24 bits per heavy atom. The standard InChI is InChI=1S/C13H16O4/c1-10(17-9-14)12-5-3-4-11(8-12)6-7-13(15)16-2/h3-5,8-10H,6-7H2,1-2H3.